The number of hydrogen-bond acceptors (Lipinski definition) is 4. The molecule has 5 nitrogen and oxygen atoms in total. The molecular weight excluding hydrogens is 198 g/mol. The minimum absolute atomic E-state index is 0.0746. The Bertz CT molecular complexity index is 412. The van der Waals surface area contributed by atoms with Crippen molar-refractivity contribution in [2.24, 2.45) is 0 Å². The van der Waals surface area contributed by atoms with Crippen LogP contribution in [0.1, 0.15) is 23.2 Å². The summed E-state index contributed by atoms with van der Waals surface area (Å²) >= 11 is 0. The standard InChI is InChI=1S/C10H9NO4/c12-6-7-1-4-9(11(13)14)10(5-7)15-8-2-3-8/h1,4-6,8H,2-3H2. The van der Waals surface area contributed by atoms with E-state index in [9.17, 15) is 14.9 Å². The summed E-state index contributed by atoms with van der Waals surface area (Å²) in [5, 5.41) is 10.7. The second kappa shape index (κ2) is 3.68. The lowest BCUT2D eigenvalue weighted by Crippen LogP contribution is -2.00. The number of aldehydes is 1. The second-order valence-electron chi connectivity index (χ2n) is 3.42. The van der Waals surface area contributed by atoms with Gasteiger partial charge in [0.25, 0.3) is 0 Å². The first-order valence-electron chi connectivity index (χ1n) is 4.61. The Hall–Kier alpha value is -1.91. The molecule has 0 spiro atoms. The number of nitro groups is 1. The third-order valence-corrected chi connectivity index (χ3v) is 2.13. The van der Waals surface area contributed by atoms with Gasteiger partial charge in [-0.15, -0.1) is 0 Å². The highest BCUT2D eigenvalue weighted by atomic mass is 16.6. The molecule has 0 radical (unpaired) electrons. The zero-order valence-corrected chi connectivity index (χ0v) is 7.88. The van der Waals surface area contributed by atoms with Crippen molar-refractivity contribution in [3.63, 3.8) is 0 Å². The molecule has 1 aliphatic rings. The average molecular weight is 207 g/mol. The molecule has 1 fully saturated rings. The van der Waals surface area contributed by atoms with Crippen molar-refractivity contribution in [1.29, 1.82) is 0 Å². The number of benzene rings is 1. The Kier molecular flexibility index (Phi) is 2.37. The number of carbonyl (C=O) groups excluding carboxylic acids is 1. The molecule has 0 atom stereocenters. The molecule has 0 amide bonds. The lowest BCUT2D eigenvalue weighted by atomic mass is 10.2. The molecular formula is C10H9NO4. The van der Waals surface area contributed by atoms with Crippen LogP contribution in [0.25, 0.3) is 0 Å². The molecule has 1 aliphatic carbocycles. The topological polar surface area (TPSA) is 69.4 Å². The SMILES string of the molecule is O=Cc1ccc([N+](=O)[O-])c(OC2CC2)c1. The molecule has 0 bridgehead atoms. The molecule has 5 heteroatoms. The summed E-state index contributed by atoms with van der Waals surface area (Å²) in [5.41, 5.74) is 0.295. The van der Waals surface area contributed by atoms with Gasteiger partial charge >= 0.3 is 5.69 Å². The van der Waals surface area contributed by atoms with E-state index < -0.39 is 4.92 Å². The Labute approximate surface area is 85.8 Å². The first-order valence-corrected chi connectivity index (χ1v) is 4.61. The van der Waals surface area contributed by atoms with Crippen LogP contribution in [0.3, 0.4) is 0 Å². The van der Waals surface area contributed by atoms with Crippen LogP contribution in [0.2, 0.25) is 0 Å². The van der Waals surface area contributed by atoms with Crippen LogP contribution < -0.4 is 4.74 Å². The highest BCUT2D eigenvalue weighted by molar-refractivity contribution is 5.76. The van der Waals surface area contributed by atoms with Crippen LogP contribution in [0.4, 0.5) is 5.69 Å². The van der Waals surface area contributed by atoms with Crippen LogP contribution in [-0.4, -0.2) is 17.3 Å². The van der Waals surface area contributed by atoms with E-state index in [4.69, 9.17) is 4.74 Å². The normalized spacial score (nSPS) is 14.7. The molecule has 0 heterocycles. The van der Waals surface area contributed by atoms with Crippen molar-refractivity contribution in [2.45, 2.75) is 18.9 Å². The predicted octanol–water partition coefficient (Wildman–Crippen LogP) is 1.95. The fourth-order valence-electron chi connectivity index (χ4n) is 1.21. The van der Waals surface area contributed by atoms with E-state index in [-0.39, 0.29) is 17.5 Å². The summed E-state index contributed by atoms with van der Waals surface area (Å²) in [6.45, 7) is 0. The van der Waals surface area contributed by atoms with Gasteiger partial charge in [0.2, 0.25) is 0 Å². The smallest absolute Gasteiger partial charge is 0.310 e. The minimum atomic E-state index is -0.508. The van der Waals surface area contributed by atoms with Crippen molar-refractivity contribution in [1.82, 2.24) is 0 Å². The van der Waals surface area contributed by atoms with Crippen molar-refractivity contribution >= 4 is 12.0 Å². The van der Waals surface area contributed by atoms with E-state index in [1.165, 1.54) is 18.2 Å². The molecule has 1 saturated carbocycles. The Balaban J connectivity index is 2.34. The van der Waals surface area contributed by atoms with Gasteiger partial charge in [-0.3, -0.25) is 14.9 Å². The third kappa shape index (κ3) is 2.12. The largest absolute Gasteiger partial charge is 0.483 e. The van der Waals surface area contributed by atoms with Gasteiger partial charge in [0.15, 0.2) is 5.75 Å². The monoisotopic (exact) mass is 207 g/mol. The van der Waals surface area contributed by atoms with Gasteiger partial charge in [-0.2, -0.15) is 0 Å². The summed E-state index contributed by atoms with van der Waals surface area (Å²) in [4.78, 5) is 20.7. The maximum atomic E-state index is 10.7. The highest BCUT2D eigenvalue weighted by Gasteiger charge is 2.27. The molecule has 0 N–H and O–H groups in total. The summed E-state index contributed by atoms with van der Waals surface area (Å²) in [6, 6.07) is 4.11. The van der Waals surface area contributed by atoms with Crippen LogP contribution in [-0.2, 0) is 0 Å². The predicted molar refractivity (Wildman–Crippen MR) is 52.1 cm³/mol. The highest BCUT2D eigenvalue weighted by Crippen LogP contribution is 2.33. The van der Waals surface area contributed by atoms with Gasteiger partial charge in [0.1, 0.15) is 6.29 Å². The van der Waals surface area contributed by atoms with Gasteiger partial charge in [0.05, 0.1) is 11.0 Å². The minimum Gasteiger partial charge on any atom is -0.483 e. The van der Waals surface area contributed by atoms with Crippen molar-refractivity contribution < 1.29 is 14.5 Å². The van der Waals surface area contributed by atoms with Gasteiger partial charge in [0, 0.05) is 11.6 Å². The quantitative estimate of drug-likeness (QED) is 0.430. The molecule has 0 aromatic heterocycles. The number of nitrogens with zero attached hydrogens (tertiary/aromatic N) is 1. The van der Waals surface area contributed by atoms with E-state index in [1.54, 1.807) is 0 Å². The molecule has 2 rings (SSSR count). The lowest BCUT2D eigenvalue weighted by Gasteiger charge is -2.05. The zero-order valence-electron chi connectivity index (χ0n) is 7.88. The maximum Gasteiger partial charge on any atom is 0.310 e. The summed E-state index contributed by atoms with van der Waals surface area (Å²) in [6.07, 6.45) is 2.56. The molecule has 0 unspecified atom stereocenters. The fraction of sp³-hybridized carbons (Fsp3) is 0.300. The Morgan fingerprint density at radius 1 is 1.47 bits per heavy atom. The molecule has 1 aromatic carbocycles. The molecule has 0 saturated heterocycles. The molecule has 15 heavy (non-hydrogen) atoms. The van der Waals surface area contributed by atoms with Crippen molar-refractivity contribution in [3.8, 4) is 5.75 Å². The van der Waals surface area contributed by atoms with Crippen molar-refractivity contribution in [3.05, 3.63) is 33.9 Å². The van der Waals surface area contributed by atoms with Gasteiger partial charge < -0.3 is 4.74 Å². The summed E-state index contributed by atoms with van der Waals surface area (Å²) in [5.74, 6) is 0.187. The first-order chi connectivity index (χ1) is 7.20. The van der Waals surface area contributed by atoms with E-state index in [2.05, 4.69) is 0 Å². The van der Waals surface area contributed by atoms with Crippen LogP contribution >= 0.6 is 0 Å². The molecule has 0 aliphatic heterocycles. The van der Waals surface area contributed by atoms with Gasteiger partial charge in [-0.1, -0.05) is 0 Å². The van der Waals surface area contributed by atoms with Crippen LogP contribution in [0.5, 0.6) is 5.75 Å². The molecule has 78 valence electrons. The van der Waals surface area contributed by atoms with E-state index in [0.29, 0.717) is 11.8 Å². The van der Waals surface area contributed by atoms with Gasteiger partial charge in [-0.25, -0.2) is 0 Å². The Morgan fingerprint density at radius 2 is 2.20 bits per heavy atom. The number of ether oxygens (including phenoxy) is 1. The number of carbonyl (C=O) groups is 1. The van der Waals surface area contributed by atoms with E-state index >= 15 is 0 Å². The van der Waals surface area contributed by atoms with E-state index in [0.717, 1.165) is 12.8 Å². The van der Waals surface area contributed by atoms with E-state index in [1.807, 2.05) is 0 Å². The first kappa shape index (κ1) is 9.64. The zero-order chi connectivity index (χ0) is 10.8. The second-order valence-corrected chi connectivity index (χ2v) is 3.42. The number of rotatable bonds is 4. The van der Waals surface area contributed by atoms with Gasteiger partial charge in [-0.05, 0) is 25.0 Å². The van der Waals surface area contributed by atoms with Crippen LogP contribution in [0, 0.1) is 10.1 Å². The summed E-state index contributed by atoms with van der Waals surface area (Å²) in [7, 11) is 0. The number of hydrogen-bond donors (Lipinski definition) is 0. The maximum absolute atomic E-state index is 10.7. The average Bonchev–Trinajstić information content (AvgIpc) is 3.01. The molecule has 1 aromatic rings. The third-order valence-electron chi connectivity index (χ3n) is 2.13. The summed E-state index contributed by atoms with van der Waals surface area (Å²) < 4.78 is 5.36. The number of nitro benzene ring substituents is 1. The fourth-order valence-corrected chi connectivity index (χ4v) is 1.21. The van der Waals surface area contributed by atoms with Crippen LogP contribution in [0.15, 0.2) is 18.2 Å². The Morgan fingerprint density at radius 3 is 2.73 bits per heavy atom. The van der Waals surface area contributed by atoms with Crippen molar-refractivity contribution in [2.75, 3.05) is 0 Å². The lowest BCUT2D eigenvalue weighted by molar-refractivity contribution is -0.385.